The number of nitrogens with one attached hydrogen (secondary N) is 2. The minimum Gasteiger partial charge on any atom is -0.504 e. The van der Waals surface area contributed by atoms with Gasteiger partial charge in [-0.2, -0.15) is 0 Å². The van der Waals surface area contributed by atoms with Crippen LogP contribution in [0.4, 0.5) is 5.69 Å². The smallest absolute Gasteiger partial charge is 0.247 e. The molecule has 1 saturated carbocycles. The molecule has 0 amide bonds. The molecule has 3 N–H and O–H groups in total. The van der Waals surface area contributed by atoms with Crippen LogP contribution in [0.2, 0.25) is 5.02 Å². The van der Waals surface area contributed by atoms with E-state index in [1.807, 2.05) is 51.1 Å². The molecule has 0 saturated heterocycles. The number of aromatic hydroxyl groups is 1. The number of carbonyl (C=O) groups is 2. The van der Waals surface area contributed by atoms with Crippen molar-refractivity contribution >= 4 is 38.9 Å². The minimum atomic E-state index is -4.05. The number of rotatable bonds is 7. The Labute approximate surface area is 199 Å². The maximum atomic E-state index is 12.6. The molecule has 1 aliphatic carbocycles. The van der Waals surface area contributed by atoms with Crippen LogP contribution in [0.25, 0.3) is 0 Å². The number of phenols is 1. The van der Waals surface area contributed by atoms with Crippen molar-refractivity contribution in [2.24, 2.45) is 5.41 Å². The molecule has 3 atom stereocenters. The van der Waals surface area contributed by atoms with Gasteiger partial charge in [-0.25, -0.2) is 12.7 Å². The maximum absolute atomic E-state index is 12.6. The number of halogens is 1. The lowest BCUT2D eigenvalue weighted by molar-refractivity contribution is -0.146. The van der Waals surface area contributed by atoms with Crippen LogP contribution in [0.3, 0.4) is 0 Å². The van der Waals surface area contributed by atoms with E-state index in [-0.39, 0.29) is 22.2 Å². The first-order chi connectivity index (χ1) is 15.3. The van der Waals surface area contributed by atoms with Crippen molar-refractivity contribution < 1.29 is 23.1 Å². The van der Waals surface area contributed by atoms with Crippen LogP contribution in [-0.4, -0.2) is 55.6 Å². The maximum Gasteiger partial charge on any atom is 0.247 e. The summed E-state index contributed by atoms with van der Waals surface area (Å²) in [4.78, 5) is 24.4. The largest absolute Gasteiger partial charge is 0.504 e. The van der Waals surface area contributed by atoms with Gasteiger partial charge < -0.3 is 10.4 Å². The van der Waals surface area contributed by atoms with Gasteiger partial charge in [0, 0.05) is 20.1 Å². The van der Waals surface area contributed by atoms with E-state index in [1.165, 1.54) is 26.2 Å². The molecule has 0 radical (unpaired) electrons. The summed E-state index contributed by atoms with van der Waals surface area (Å²) < 4.78 is 26.1. The highest BCUT2D eigenvalue weighted by Crippen LogP contribution is 2.40. The van der Waals surface area contributed by atoms with Crippen LogP contribution in [0.15, 0.2) is 47.4 Å². The zero-order valence-electron chi connectivity index (χ0n) is 19.1. The van der Waals surface area contributed by atoms with Gasteiger partial charge in [-0.05, 0) is 23.1 Å². The molecule has 8 nitrogen and oxygen atoms in total. The predicted octanol–water partition coefficient (Wildman–Crippen LogP) is 2.97. The molecule has 2 unspecified atom stereocenters. The first-order valence-corrected chi connectivity index (χ1v) is 12.2. The lowest BCUT2D eigenvalue weighted by Crippen LogP contribution is -2.68. The Morgan fingerprint density at radius 1 is 1.00 bits per heavy atom. The average molecular weight is 494 g/mol. The highest BCUT2D eigenvalue weighted by molar-refractivity contribution is 7.89. The average Bonchev–Trinajstić information content (AvgIpc) is 2.73. The topological polar surface area (TPSA) is 116 Å². The molecule has 178 valence electrons. The number of ketones is 2. The van der Waals surface area contributed by atoms with Gasteiger partial charge in [-0.3, -0.25) is 14.9 Å². The van der Waals surface area contributed by atoms with E-state index in [4.69, 9.17) is 11.6 Å². The van der Waals surface area contributed by atoms with Crippen molar-refractivity contribution in [3.8, 4) is 5.75 Å². The zero-order valence-corrected chi connectivity index (χ0v) is 20.7. The normalized spacial score (nSPS) is 20.0. The second kappa shape index (κ2) is 9.06. The minimum absolute atomic E-state index is 0.00973. The lowest BCUT2D eigenvalue weighted by Gasteiger charge is -2.41. The van der Waals surface area contributed by atoms with Gasteiger partial charge in [0.05, 0.1) is 10.7 Å². The number of sulfonamides is 1. The molecule has 2 aromatic rings. The van der Waals surface area contributed by atoms with Crippen LogP contribution in [0.5, 0.6) is 5.75 Å². The number of phenolic OH excluding ortho intramolecular Hbond substituents is 1. The summed E-state index contributed by atoms with van der Waals surface area (Å²) in [6, 6.07) is 10.2. The van der Waals surface area contributed by atoms with Crippen LogP contribution >= 0.6 is 11.6 Å². The Bertz CT molecular complexity index is 1180. The number of Topliss-reactive ketones (excluding diaryl/α,β-unsaturated/α-hetero) is 2. The quantitative estimate of drug-likeness (QED) is 0.401. The van der Waals surface area contributed by atoms with Gasteiger partial charge in [0.2, 0.25) is 21.6 Å². The first kappa shape index (κ1) is 25.2. The van der Waals surface area contributed by atoms with Gasteiger partial charge >= 0.3 is 0 Å². The Hall–Kier alpha value is -2.46. The number of hydrogen-bond acceptors (Lipinski definition) is 7. The van der Waals surface area contributed by atoms with Crippen molar-refractivity contribution in [2.75, 3.05) is 19.4 Å². The van der Waals surface area contributed by atoms with E-state index in [2.05, 4.69) is 10.6 Å². The summed E-state index contributed by atoms with van der Waals surface area (Å²) in [5, 5.41) is 16.6. The Balaban J connectivity index is 1.93. The first-order valence-electron chi connectivity index (χ1n) is 10.4. The molecule has 0 heterocycles. The van der Waals surface area contributed by atoms with E-state index in [0.717, 1.165) is 9.87 Å². The fraction of sp³-hybridized carbons (Fsp3) is 0.391. The molecule has 1 aliphatic rings. The second-order valence-corrected chi connectivity index (χ2v) is 11.8. The summed E-state index contributed by atoms with van der Waals surface area (Å²) in [5.41, 5.74) is 0.675. The fourth-order valence-corrected chi connectivity index (χ4v) is 5.24. The van der Waals surface area contributed by atoms with Crippen LogP contribution < -0.4 is 10.6 Å². The molecule has 3 rings (SSSR count). The third-order valence-corrected chi connectivity index (χ3v) is 7.94. The Kier molecular flexibility index (Phi) is 6.91. The van der Waals surface area contributed by atoms with Crippen LogP contribution in [0, 0.1) is 5.41 Å². The molecule has 2 aromatic carbocycles. The molecule has 0 spiro atoms. The second-order valence-electron chi connectivity index (χ2n) is 9.26. The zero-order chi connectivity index (χ0) is 24.7. The molecule has 0 aliphatic heterocycles. The summed E-state index contributed by atoms with van der Waals surface area (Å²) >= 11 is 6.05. The molecule has 10 heteroatoms. The van der Waals surface area contributed by atoms with Crippen LogP contribution in [-0.2, 0) is 19.6 Å². The molecule has 0 aromatic heterocycles. The summed E-state index contributed by atoms with van der Waals surface area (Å²) in [6.07, 6.45) is 0. The molecular formula is C23H28ClN3O5S. The van der Waals surface area contributed by atoms with Gasteiger partial charge in [0.15, 0.2) is 5.75 Å². The number of anilines is 1. The number of hydrogen-bond donors (Lipinski definition) is 3. The number of carbonyl (C=O) groups excluding carboxylic acids is 2. The molecule has 1 fully saturated rings. The van der Waals surface area contributed by atoms with Crippen molar-refractivity contribution in [1.29, 1.82) is 0 Å². The van der Waals surface area contributed by atoms with Crippen molar-refractivity contribution in [3.05, 3.63) is 53.1 Å². The monoisotopic (exact) mass is 493 g/mol. The van der Waals surface area contributed by atoms with E-state index < -0.39 is 44.3 Å². The Morgan fingerprint density at radius 2 is 1.58 bits per heavy atom. The number of benzene rings is 2. The third kappa shape index (κ3) is 4.77. The summed E-state index contributed by atoms with van der Waals surface area (Å²) in [7, 11) is -1.42. The van der Waals surface area contributed by atoms with Crippen molar-refractivity contribution in [2.45, 2.75) is 43.8 Å². The van der Waals surface area contributed by atoms with Crippen molar-refractivity contribution in [3.63, 3.8) is 0 Å². The number of nitrogens with zero attached hydrogens (tertiary/aromatic N) is 1. The van der Waals surface area contributed by atoms with E-state index in [1.54, 1.807) is 0 Å². The summed E-state index contributed by atoms with van der Waals surface area (Å²) in [6.45, 7) is 6.07. The van der Waals surface area contributed by atoms with Gasteiger partial charge in [-0.1, -0.05) is 62.7 Å². The van der Waals surface area contributed by atoms with Crippen LogP contribution in [0.1, 0.15) is 32.4 Å². The molecular weight excluding hydrogens is 466 g/mol. The fourth-order valence-electron chi connectivity index (χ4n) is 3.76. The SMILES string of the molecule is CN(C)S(=O)(=O)c1c(Cl)ccc(NC2C(=O)C(=O)C2N[C@@H](c2ccccc2)C(C)(C)C)c1O. The third-order valence-electron chi connectivity index (χ3n) is 5.62. The van der Waals surface area contributed by atoms with Gasteiger partial charge in [0.25, 0.3) is 0 Å². The standard InChI is InChI=1S/C23H28ClN3O5S/c1-23(2,3)22(13-9-7-6-8-10-13)26-17-16(19(29)20(17)30)25-15-12-11-14(24)21(18(15)28)33(31,32)27(4)5/h6-12,16-17,22,25-26,28H,1-5H3/t16?,17?,22-/m0/s1. The highest BCUT2D eigenvalue weighted by atomic mass is 35.5. The lowest BCUT2D eigenvalue weighted by atomic mass is 9.77. The van der Waals surface area contributed by atoms with Gasteiger partial charge in [-0.15, -0.1) is 0 Å². The van der Waals surface area contributed by atoms with E-state index >= 15 is 0 Å². The van der Waals surface area contributed by atoms with Gasteiger partial charge in [0.1, 0.15) is 17.0 Å². The predicted molar refractivity (Wildman–Crippen MR) is 127 cm³/mol. The summed E-state index contributed by atoms with van der Waals surface area (Å²) in [5.74, 6) is -1.84. The molecule has 0 bridgehead atoms. The Morgan fingerprint density at radius 3 is 2.12 bits per heavy atom. The van der Waals surface area contributed by atoms with E-state index in [0.29, 0.717) is 0 Å². The van der Waals surface area contributed by atoms with Crippen molar-refractivity contribution in [1.82, 2.24) is 9.62 Å². The molecule has 33 heavy (non-hydrogen) atoms. The van der Waals surface area contributed by atoms with E-state index in [9.17, 15) is 23.1 Å². The highest BCUT2D eigenvalue weighted by Gasteiger charge is 2.51.